The van der Waals surface area contributed by atoms with E-state index < -0.39 is 5.97 Å². The zero-order valence-electron chi connectivity index (χ0n) is 8.86. The predicted octanol–water partition coefficient (Wildman–Crippen LogP) is 0.438. The van der Waals surface area contributed by atoms with Gasteiger partial charge >= 0.3 is 5.97 Å². The molecule has 0 aliphatic rings. The molecule has 0 radical (unpaired) electrons. The molecule has 0 aliphatic carbocycles. The first-order valence-corrected chi connectivity index (χ1v) is 4.64. The summed E-state index contributed by atoms with van der Waals surface area (Å²) in [7, 11) is 1.25. The normalized spacial score (nSPS) is 9.56. The minimum atomic E-state index is -0.507. The summed E-state index contributed by atoms with van der Waals surface area (Å²) in [4.78, 5) is 11.1. The van der Waals surface area contributed by atoms with E-state index in [2.05, 4.69) is 4.74 Å². The molecule has 1 aromatic rings. The number of benzene rings is 1. The Labute approximate surface area is 93.1 Å². The van der Waals surface area contributed by atoms with Crippen molar-refractivity contribution >= 4 is 5.97 Å². The molecule has 5 nitrogen and oxygen atoms in total. The lowest BCUT2D eigenvalue weighted by molar-refractivity contribution is -0.139. The van der Waals surface area contributed by atoms with Crippen LogP contribution in [0.4, 0.5) is 0 Å². The van der Waals surface area contributed by atoms with Crippen LogP contribution < -0.4 is 5.73 Å². The number of aromatic hydroxyl groups is 1. The fourth-order valence-electron chi connectivity index (χ4n) is 1.33. The van der Waals surface area contributed by atoms with Gasteiger partial charge in [-0.1, -0.05) is 0 Å². The summed E-state index contributed by atoms with van der Waals surface area (Å²) in [6.07, 6.45) is -0.129. The average molecular weight is 220 g/mol. The summed E-state index contributed by atoms with van der Waals surface area (Å²) >= 11 is 0. The number of nitrogens with two attached hydrogens (primary N) is 1. The van der Waals surface area contributed by atoms with Gasteiger partial charge in [0.25, 0.3) is 0 Å². The van der Waals surface area contributed by atoms with Crippen LogP contribution in [0.1, 0.15) is 16.7 Å². The highest BCUT2D eigenvalue weighted by atomic mass is 16.5. The SMILES string of the molecule is COC(=O)Cc1c(O)cc(CN)cc1C#N. The lowest BCUT2D eigenvalue weighted by atomic mass is 10.0. The van der Waals surface area contributed by atoms with Crippen LogP contribution in [-0.4, -0.2) is 18.2 Å². The maximum atomic E-state index is 11.1. The number of methoxy groups -OCH3 is 1. The standard InChI is InChI=1S/C11H12N2O3/c1-16-11(15)4-9-8(6-13)2-7(5-12)3-10(9)14/h2-3,14H,4-5,12H2,1H3. The smallest absolute Gasteiger partial charge is 0.310 e. The number of phenolic OH excluding ortho intramolecular Hbond substituents is 1. The Morgan fingerprint density at radius 1 is 1.62 bits per heavy atom. The number of esters is 1. The molecule has 0 atom stereocenters. The van der Waals surface area contributed by atoms with Crippen molar-refractivity contribution in [1.29, 1.82) is 5.26 Å². The number of phenols is 1. The molecule has 0 aliphatic heterocycles. The zero-order chi connectivity index (χ0) is 12.1. The van der Waals surface area contributed by atoms with E-state index in [-0.39, 0.29) is 29.8 Å². The van der Waals surface area contributed by atoms with Gasteiger partial charge in [-0.2, -0.15) is 5.26 Å². The Balaban J connectivity index is 3.18. The molecule has 0 bridgehead atoms. The lowest BCUT2D eigenvalue weighted by Gasteiger charge is -2.07. The van der Waals surface area contributed by atoms with Gasteiger partial charge in [-0.05, 0) is 17.7 Å². The Morgan fingerprint density at radius 3 is 2.81 bits per heavy atom. The lowest BCUT2D eigenvalue weighted by Crippen LogP contribution is -2.07. The van der Waals surface area contributed by atoms with E-state index in [9.17, 15) is 9.90 Å². The second kappa shape index (κ2) is 5.14. The van der Waals surface area contributed by atoms with Crippen LogP contribution in [0, 0.1) is 11.3 Å². The van der Waals surface area contributed by atoms with Crippen LogP contribution in [0.5, 0.6) is 5.75 Å². The number of hydrogen-bond acceptors (Lipinski definition) is 5. The number of carbonyl (C=O) groups is 1. The van der Waals surface area contributed by atoms with Crippen molar-refractivity contribution in [2.75, 3.05) is 7.11 Å². The van der Waals surface area contributed by atoms with E-state index >= 15 is 0 Å². The molecule has 0 heterocycles. The van der Waals surface area contributed by atoms with Gasteiger partial charge in [0.1, 0.15) is 5.75 Å². The third-order valence-corrected chi connectivity index (χ3v) is 2.19. The highest BCUT2D eigenvalue weighted by Gasteiger charge is 2.14. The molecule has 0 saturated heterocycles. The summed E-state index contributed by atoms with van der Waals surface area (Å²) in [5.41, 5.74) is 6.56. The first kappa shape index (κ1) is 12.0. The van der Waals surface area contributed by atoms with E-state index in [1.165, 1.54) is 13.2 Å². The summed E-state index contributed by atoms with van der Waals surface area (Å²) in [5, 5.41) is 18.6. The molecule has 0 fully saturated rings. The topological polar surface area (TPSA) is 96.3 Å². The number of hydrogen-bond donors (Lipinski definition) is 2. The van der Waals surface area contributed by atoms with E-state index in [1.54, 1.807) is 6.07 Å². The Bertz CT molecular complexity index is 449. The Morgan fingerprint density at radius 2 is 2.31 bits per heavy atom. The van der Waals surface area contributed by atoms with Crippen LogP contribution in [0.15, 0.2) is 12.1 Å². The predicted molar refractivity (Wildman–Crippen MR) is 56.4 cm³/mol. The van der Waals surface area contributed by atoms with Gasteiger partial charge in [-0.25, -0.2) is 0 Å². The van der Waals surface area contributed by atoms with Crippen LogP contribution in [0.3, 0.4) is 0 Å². The van der Waals surface area contributed by atoms with E-state index in [0.717, 1.165) is 0 Å². The Kier molecular flexibility index (Phi) is 3.86. The first-order chi connectivity index (χ1) is 7.62. The Hall–Kier alpha value is -2.06. The van der Waals surface area contributed by atoms with Gasteiger partial charge in [-0.15, -0.1) is 0 Å². The maximum Gasteiger partial charge on any atom is 0.310 e. The van der Waals surface area contributed by atoms with E-state index in [0.29, 0.717) is 5.56 Å². The average Bonchev–Trinajstić information content (AvgIpc) is 2.30. The molecule has 0 spiro atoms. The largest absolute Gasteiger partial charge is 0.508 e. The van der Waals surface area contributed by atoms with Gasteiger partial charge < -0.3 is 15.6 Å². The highest BCUT2D eigenvalue weighted by Crippen LogP contribution is 2.24. The maximum absolute atomic E-state index is 11.1. The summed E-state index contributed by atoms with van der Waals surface area (Å²) in [5.74, 6) is -0.614. The molecule has 1 aromatic carbocycles. The van der Waals surface area contributed by atoms with Crippen molar-refractivity contribution in [3.63, 3.8) is 0 Å². The van der Waals surface area contributed by atoms with Crippen LogP contribution >= 0.6 is 0 Å². The summed E-state index contributed by atoms with van der Waals surface area (Å²) in [6.45, 7) is 0.223. The quantitative estimate of drug-likeness (QED) is 0.720. The molecule has 5 heteroatoms. The van der Waals surface area contributed by atoms with Gasteiger partial charge in [0.2, 0.25) is 0 Å². The summed E-state index contributed by atoms with van der Waals surface area (Å²) in [6, 6.07) is 4.91. The van der Waals surface area contributed by atoms with E-state index in [4.69, 9.17) is 11.0 Å². The molecule has 1 rings (SSSR count). The van der Waals surface area contributed by atoms with Crippen molar-refractivity contribution < 1.29 is 14.6 Å². The van der Waals surface area contributed by atoms with Crippen molar-refractivity contribution in [1.82, 2.24) is 0 Å². The second-order valence-corrected chi connectivity index (χ2v) is 3.21. The van der Waals surface area contributed by atoms with Gasteiger partial charge in [-0.3, -0.25) is 4.79 Å². The molecule has 0 amide bonds. The molecular formula is C11H12N2O3. The molecular weight excluding hydrogens is 208 g/mol. The first-order valence-electron chi connectivity index (χ1n) is 4.64. The van der Waals surface area contributed by atoms with Crippen molar-refractivity contribution in [3.05, 3.63) is 28.8 Å². The molecule has 16 heavy (non-hydrogen) atoms. The molecule has 0 saturated carbocycles. The number of rotatable bonds is 3. The minimum absolute atomic E-state index is 0.107. The zero-order valence-corrected chi connectivity index (χ0v) is 8.86. The summed E-state index contributed by atoms with van der Waals surface area (Å²) < 4.78 is 4.48. The van der Waals surface area contributed by atoms with Gasteiger partial charge in [0.15, 0.2) is 0 Å². The second-order valence-electron chi connectivity index (χ2n) is 3.21. The van der Waals surface area contributed by atoms with Crippen LogP contribution in [0.25, 0.3) is 0 Å². The third-order valence-electron chi connectivity index (χ3n) is 2.19. The highest BCUT2D eigenvalue weighted by molar-refractivity contribution is 5.74. The van der Waals surface area contributed by atoms with Gasteiger partial charge in [0.05, 0.1) is 25.2 Å². The fourth-order valence-corrected chi connectivity index (χ4v) is 1.33. The number of carbonyl (C=O) groups excluding carboxylic acids is 1. The van der Waals surface area contributed by atoms with Crippen LogP contribution in [-0.2, 0) is 22.5 Å². The monoisotopic (exact) mass is 220 g/mol. The number of ether oxygens (including phenoxy) is 1. The molecule has 84 valence electrons. The molecule has 0 aromatic heterocycles. The minimum Gasteiger partial charge on any atom is -0.508 e. The van der Waals surface area contributed by atoms with Crippen molar-refractivity contribution in [3.8, 4) is 11.8 Å². The van der Waals surface area contributed by atoms with Gasteiger partial charge in [0, 0.05) is 12.1 Å². The van der Waals surface area contributed by atoms with Crippen LogP contribution in [0.2, 0.25) is 0 Å². The van der Waals surface area contributed by atoms with E-state index in [1.807, 2.05) is 6.07 Å². The number of nitriles is 1. The molecule has 0 unspecified atom stereocenters. The molecule has 3 N–H and O–H groups in total. The third kappa shape index (κ3) is 2.49. The van der Waals surface area contributed by atoms with Crippen molar-refractivity contribution in [2.45, 2.75) is 13.0 Å². The number of nitrogens with zero attached hydrogens (tertiary/aromatic N) is 1. The fraction of sp³-hybridized carbons (Fsp3) is 0.273. The van der Waals surface area contributed by atoms with Crippen molar-refractivity contribution in [2.24, 2.45) is 5.73 Å².